The van der Waals surface area contributed by atoms with E-state index in [4.69, 9.17) is 0 Å². The molecular weight excluding hydrogens is 330 g/mol. The van der Waals surface area contributed by atoms with Crippen molar-refractivity contribution in [3.05, 3.63) is 42.5 Å². The molecule has 7 heteroatoms. The molecule has 1 aliphatic carbocycles. The highest BCUT2D eigenvalue weighted by Gasteiger charge is 2.45. The number of nitrogens with one attached hydrogen (secondary N) is 1. The Morgan fingerprint density at radius 2 is 1.81 bits per heavy atom. The van der Waals surface area contributed by atoms with E-state index >= 15 is 0 Å². The van der Waals surface area contributed by atoms with Gasteiger partial charge in [0.15, 0.2) is 0 Å². The number of rotatable bonds is 4. The van der Waals surface area contributed by atoms with Crippen molar-refractivity contribution >= 4 is 11.8 Å². The average Bonchev–Trinajstić information content (AvgIpc) is 3.23. The summed E-state index contributed by atoms with van der Waals surface area (Å²) in [4.78, 5) is 30.9. The van der Waals surface area contributed by atoms with Gasteiger partial charge in [-0.25, -0.2) is 9.67 Å². The van der Waals surface area contributed by atoms with Crippen LogP contribution in [0.1, 0.15) is 43.2 Å². The SMILES string of the molecule is C[C@@H](NC(=O)c1ncn(-c2ccccc2)n1)C(=O)N1CCC2(CC1)CC2. The van der Waals surface area contributed by atoms with Gasteiger partial charge < -0.3 is 10.2 Å². The summed E-state index contributed by atoms with van der Waals surface area (Å²) in [5.41, 5.74) is 1.35. The number of nitrogens with zero attached hydrogens (tertiary/aromatic N) is 4. The van der Waals surface area contributed by atoms with Crippen molar-refractivity contribution in [1.82, 2.24) is 25.0 Å². The highest BCUT2D eigenvalue weighted by Crippen LogP contribution is 2.53. The van der Waals surface area contributed by atoms with Gasteiger partial charge in [-0.15, -0.1) is 5.10 Å². The molecule has 0 unspecified atom stereocenters. The Kier molecular flexibility index (Phi) is 4.22. The Bertz CT molecular complexity index is 802. The fraction of sp³-hybridized carbons (Fsp3) is 0.474. The van der Waals surface area contributed by atoms with Crippen molar-refractivity contribution < 1.29 is 9.59 Å². The molecule has 136 valence electrons. The molecule has 7 nitrogen and oxygen atoms in total. The van der Waals surface area contributed by atoms with Gasteiger partial charge in [0.2, 0.25) is 11.7 Å². The molecule has 0 bridgehead atoms. The Morgan fingerprint density at radius 3 is 2.46 bits per heavy atom. The number of carbonyl (C=O) groups is 2. The third kappa shape index (κ3) is 3.34. The monoisotopic (exact) mass is 353 g/mol. The van der Waals surface area contributed by atoms with Gasteiger partial charge in [-0.3, -0.25) is 9.59 Å². The lowest BCUT2D eigenvalue weighted by Crippen LogP contribution is -2.49. The number of amides is 2. The number of piperidine rings is 1. The van der Waals surface area contributed by atoms with E-state index in [1.54, 1.807) is 11.6 Å². The predicted molar refractivity (Wildman–Crippen MR) is 95.8 cm³/mol. The average molecular weight is 353 g/mol. The summed E-state index contributed by atoms with van der Waals surface area (Å²) in [5.74, 6) is -0.406. The number of para-hydroxylation sites is 1. The van der Waals surface area contributed by atoms with Crippen molar-refractivity contribution in [2.45, 2.75) is 38.6 Å². The summed E-state index contributed by atoms with van der Waals surface area (Å²) in [6, 6.07) is 8.87. The molecule has 2 amide bonds. The molecule has 2 aliphatic rings. The van der Waals surface area contributed by atoms with Crippen LogP contribution in [0.25, 0.3) is 5.69 Å². The minimum Gasteiger partial charge on any atom is -0.341 e. The first-order chi connectivity index (χ1) is 12.6. The lowest BCUT2D eigenvalue weighted by molar-refractivity contribution is -0.134. The molecule has 1 N–H and O–H groups in total. The van der Waals surface area contributed by atoms with Crippen LogP contribution in [0.3, 0.4) is 0 Å². The predicted octanol–water partition coefficient (Wildman–Crippen LogP) is 1.79. The topological polar surface area (TPSA) is 80.1 Å². The fourth-order valence-electron chi connectivity index (χ4n) is 3.55. The van der Waals surface area contributed by atoms with Gasteiger partial charge >= 0.3 is 0 Å². The molecule has 1 atom stereocenters. The lowest BCUT2D eigenvalue weighted by Gasteiger charge is -2.33. The molecule has 1 aromatic carbocycles. The van der Waals surface area contributed by atoms with E-state index in [0.29, 0.717) is 5.41 Å². The van der Waals surface area contributed by atoms with Gasteiger partial charge in [-0.1, -0.05) is 18.2 Å². The minimum absolute atomic E-state index is 0.0312. The maximum Gasteiger partial charge on any atom is 0.291 e. The lowest BCUT2D eigenvalue weighted by atomic mass is 9.93. The second kappa shape index (κ2) is 6.55. The van der Waals surface area contributed by atoms with E-state index in [9.17, 15) is 9.59 Å². The van der Waals surface area contributed by atoms with E-state index in [1.807, 2.05) is 35.2 Å². The van der Waals surface area contributed by atoms with Crippen LogP contribution in [0.2, 0.25) is 0 Å². The van der Waals surface area contributed by atoms with Crippen LogP contribution >= 0.6 is 0 Å². The number of hydrogen-bond acceptors (Lipinski definition) is 4. The van der Waals surface area contributed by atoms with Gasteiger partial charge in [0.05, 0.1) is 5.69 Å². The number of aromatic nitrogens is 3. The van der Waals surface area contributed by atoms with Crippen LogP contribution in [0.5, 0.6) is 0 Å². The first kappa shape index (κ1) is 16.8. The molecule has 26 heavy (non-hydrogen) atoms. The highest BCUT2D eigenvalue weighted by molar-refractivity contribution is 5.94. The standard InChI is InChI=1S/C19H23N5O2/c1-14(18(26)23-11-9-19(7-8-19)10-12-23)21-17(25)16-20-13-24(22-16)15-5-3-2-4-6-15/h2-6,13-14H,7-12H2,1H3,(H,21,25)/t14-/m1/s1. The highest BCUT2D eigenvalue weighted by atomic mass is 16.2. The van der Waals surface area contributed by atoms with E-state index in [-0.39, 0.29) is 11.7 Å². The van der Waals surface area contributed by atoms with Gasteiger partial charge in [0, 0.05) is 13.1 Å². The number of hydrogen-bond donors (Lipinski definition) is 1. The van der Waals surface area contributed by atoms with Crippen LogP contribution in [-0.2, 0) is 4.79 Å². The summed E-state index contributed by atoms with van der Waals surface area (Å²) in [6.07, 6.45) is 6.27. The van der Waals surface area contributed by atoms with Gasteiger partial charge in [-0.2, -0.15) is 0 Å². The first-order valence-corrected chi connectivity index (χ1v) is 9.13. The Balaban J connectivity index is 1.35. The summed E-state index contributed by atoms with van der Waals surface area (Å²) >= 11 is 0. The van der Waals surface area contributed by atoms with E-state index in [2.05, 4.69) is 15.4 Å². The molecule has 2 aromatic rings. The van der Waals surface area contributed by atoms with Crippen molar-refractivity contribution in [3.8, 4) is 5.69 Å². The normalized spacial score (nSPS) is 19.2. The smallest absolute Gasteiger partial charge is 0.291 e. The van der Waals surface area contributed by atoms with Crippen LogP contribution in [0.15, 0.2) is 36.7 Å². The van der Waals surface area contributed by atoms with Crippen molar-refractivity contribution in [2.24, 2.45) is 5.41 Å². The zero-order valence-electron chi connectivity index (χ0n) is 14.9. The molecule has 0 radical (unpaired) electrons. The molecule has 4 rings (SSSR count). The van der Waals surface area contributed by atoms with Gasteiger partial charge in [-0.05, 0) is 50.2 Å². The molecule has 2 heterocycles. The third-order valence-electron chi connectivity index (χ3n) is 5.53. The Hall–Kier alpha value is -2.70. The van der Waals surface area contributed by atoms with E-state index < -0.39 is 11.9 Å². The van der Waals surface area contributed by atoms with Gasteiger partial charge in [0.1, 0.15) is 12.4 Å². The quantitative estimate of drug-likeness (QED) is 0.909. The summed E-state index contributed by atoms with van der Waals surface area (Å²) in [7, 11) is 0. The van der Waals surface area contributed by atoms with E-state index in [1.165, 1.54) is 19.2 Å². The fourth-order valence-corrected chi connectivity index (χ4v) is 3.55. The maximum atomic E-state index is 12.6. The molecule has 1 saturated heterocycles. The number of carbonyl (C=O) groups excluding carboxylic acids is 2. The zero-order chi connectivity index (χ0) is 18.1. The molecule has 2 fully saturated rings. The molecule has 1 spiro atoms. The van der Waals surface area contributed by atoms with Crippen LogP contribution in [-0.4, -0.2) is 50.6 Å². The molecular formula is C19H23N5O2. The summed E-state index contributed by atoms with van der Waals surface area (Å²) in [5, 5.41) is 6.93. The maximum absolute atomic E-state index is 12.6. The van der Waals surface area contributed by atoms with Crippen molar-refractivity contribution in [2.75, 3.05) is 13.1 Å². The third-order valence-corrected chi connectivity index (χ3v) is 5.53. The Labute approximate surface area is 152 Å². The second-order valence-electron chi connectivity index (χ2n) is 7.37. The first-order valence-electron chi connectivity index (χ1n) is 9.13. The van der Waals surface area contributed by atoms with Gasteiger partial charge in [0.25, 0.3) is 5.91 Å². The van der Waals surface area contributed by atoms with Crippen molar-refractivity contribution in [3.63, 3.8) is 0 Å². The molecule has 1 aromatic heterocycles. The van der Waals surface area contributed by atoms with E-state index in [0.717, 1.165) is 31.6 Å². The van der Waals surface area contributed by atoms with Crippen LogP contribution < -0.4 is 5.32 Å². The van der Waals surface area contributed by atoms with Crippen LogP contribution in [0.4, 0.5) is 0 Å². The molecule has 1 aliphatic heterocycles. The van der Waals surface area contributed by atoms with Crippen molar-refractivity contribution in [1.29, 1.82) is 0 Å². The number of likely N-dealkylation sites (tertiary alicyclic amines) is 1. The van der Waals surface area contributed by atoms with Crippen LogP contribution in [0, 0.1) is 5.41 Å². The summed E-state index contributed by atoms with van der Waals surface area (Å²) in [6.45, 7) is 3.30. The number of benzene rings is 1. The Morgan fingerprint density at radius 1 is 1.12 bits per heavy atom. The molecule has 1 saturated carbocycles. The second-order valence-corrected chi connectivity index (χ2v) is 7.37. The largest absolute Gasteiger partial charge is 0.341 e. The minimum atomic E-state index is -0.584. The summed E-state index contributed by atoms with van der Waals surface area (Å²) < 4.78 is 1.54. The zero-order valence-corrected chi connectivity index (χ0v) is 14.9.